The minimum Gasteiger partial charge on any atom is -0.338 e. The van der Waals surface area contributed by atoms with Gasteiger partial charge in [0.1, 0.15) is 0 Å². The average molecular weight is 233 g/mol. The van der Waals surface area contributed by atoms with Crippen LogP contribution in [0.1, 0.15) is 28.8 Å². The fourth-order valence-corrected chi connectivity index (χ4v) is 2.37. The lowest BCUT2D eigenvalue weighted by Crippen LogP contribution is -2.29. The number of likely N-dealkylation sites (tertiary alicyclic amines) is 1. The Morgan fingerprint density at radius 2 is 2.47 bits per heavy atom. The van der Waals surface area contributed by atoms with E-state index in [1.54, 1.807) is 18.5 Å². The van der Waals surface area contributed by atoms with Crippen molar-refractivity contribution in [3.8, 4) is 0 Å². The van der Waals surface area contributed by atoms with Crippen molar-refractivity contribution in [2.45, 2.75) is 19.8 Å². The first-order valence-electron chi connectivity index (χ1n) is 6.12. The molecule has 17 heavy (non-hydrogen) atoms. The largest absolute Gasteiger partial charge is 0.338 e. The van der Waals surface area contributed by atoms with Gasteiger partial charge in [-0.2, -0.15) is 0 Å². The van der Waals surface area contributed by atoms with E-state index in [2.05, 4.69) is 4.98 Å². The lowest BCUT2D eigenvalue weighted by atomic mass is 10.1. The van der Waals surface area contributed by atoms with E-state index in [0.717, 1.165) is 37.1 Å². The van der Waals surface area contributed by atoms with Crippen molar-refractivity contribution in [1.29, 1.82) is 0 Å². The van der Waals surface area contributed by atoms with E-state index in [0.29, 0.717) is 12.5 Å². The summed E-state index contributed by atoms with van der Waals surface area (Å²) in [6.45, 7) is 4.33. The molecule has 0 saturated carbocycles. The Bertz CT molecular complexity index is 405. The zero-order valence-electron chi connectivity index (χ0n) is 10.2. The summed E-state index contributed by atoms with van der Waals surface area (Å²) in [5, 5.41) is 0. The van der Waals surface area contributed by atoms with E-state index in [-0.39, 0.29) is 5.91 Å². The molecule has 1 fully saturated rings. The van der Waals surface area contributed by atoms with Gasteiger partial charge in [0.15, 0.2) is 0 Å². The SMILES string of the molecule is Cc1cnccc1C(=O)N1CCC(CCN)C1. The molecule has 4 heteroatoms. The fourth-order valence-electron chi connectivity index (χ4n) is 2.37. The minimum absolute atomic E-state index is 0.129. The second-order valence-electron chi connectivity index (χ2n) is 4.67. The summed E-state index contributed by atoms with van der Waals surface area (Å²) in [6.07, 6.45) is 5.50. The van der Waals surface area contributed by atoms with Gasteiger partial charge in [0.2, 0.25) is 0 Å². The summed E-state index contributed by atoms with van der Waals surface area (Å²) < 4.78 is 0. The highest BCUT2D eigenvalue weighted by molar-refractivity contribution is 5.95. The number of pyridine rings is 1. The summed E-state index contributed by atoms with van der Waals surface area (Å²) in [5.41, 5.74) is 7.27. The van der Waals surface area contributed by atoms with Crippen molar-refractivity contribution >= 4 is 5.91 Å². The number of aromatic nitrogens is 1. The topological polar surface area (TPSA) is 59.2 Å². The molecule has 2 N–H and O–H groups in total. The number of rotatable bonds is 3. The summed E-state index contributed by atoms with van der Waals surface area (Å²) in [4.78, 5) is 18.2. The number of nitrogens with zero attached hydrogens (tertiary/aromatic N) is 2. The molecule has 1 aromatic heterocycles. The predicted octanol–water partition coefficient (Wildman–Crippen LogP) is 1.20. The van der Waals surface area contributed by atoms with Crippen LogP contribution < -0.4 is 5.73 Å². The average Bonchev–Trinajstić information content (AvgIpc) is 2.78. The number of carbonyl (C=O) groups excluding carboxylic acids is 1. The number of carbonyl (C=O) groups is 1. The van der Waals surface area contributed by atoms with E-state index in [9.17, 15) is 4.79 Å². The van der Waals surface area contributed by atoms with Crippen LogP contribution in [0.3, 0.4) is 0 Å². The number of hydrogen-bond acceptors (Lipinski definition) is 3. The molecule has 4 nitrogen and oxygen atoms in total. The minimum atomic E-state index is 0.129. The smallest absolute Gasteiger partial charge is 0.254 e. The maximum atomic E-state index is 12.3. The van der Waals surface area contributed by atoms with Gasteiger partial charge in [-0.05, 0) is 43.9 Å². The van der Waals surface area contributed by atoms with Crippen molar-refractivity contribution in [2.24, 2.45) is 11.7 Å². The molecule has 1 aliphatic rings. The molecule has 0 aliphatic carbocycles. The van der Waals surface area contributed by atoms with Crippen molar-refractivity contribution in [2.75, 3.05) is 19.6 Å². The van der Waals surface area contributed by atoms with Crippen LogP contribution in [0.5, 0.6) is 0 Å². The number of nitrogens with two attached hydrogens (primary N) is 1. The van der Waals surface area contributed by atoms with Gasteiger partial charge in [0.05, 0.1) is 0 Å². The van der Waals surface area contributed by atoms with E-state index in [4.69, 9.17) is 5.73 Å². The monoisotopic (exact) mass is 233 g/mol. The number of aryl methyl sites for hydroxylation is 1. The van der Waals surface area contributed by atoms with Crippen LogP contribution in [0.4, 0.5) is 0 Å². The third-order valence-corrected chi connectivity index (χ3v) is 3.40. The Labute approximate surface area is 102 Å². The first kappa shape index (κ1) is 12.0. The number of amides is 1. The highest BCUT2D eigenvalue weighted by Gasteiger charge is 2.26. The first-order valence-corrected chi connectivity index (χ1v) is 6.12. The lowest BCUT2D eigenvalue weighted by Gasteiger charge is -2.17. The molecule has 1 unspecified atom stereocenters. The molecule has 0 bridgehead atoms. The highest BCUT2D eigenvalue weighted by atomic mass is 16.2. The van der Waals surface area contributed by atoms with Gasteiger partial charge in [0, 0.05) is 31.0 Å². The zero-order chi connectivity index (χ0) is 12.3. The van der Waals surface area contributed by atoms with Gasteiger partial charge in [-0.15, -0.1) is 0 Å². The summed E-state index contributed by atoms with van der Waals surface area (Å²) in [7, 11) is 0. The van der Waals surface area contributed by atoms with Crippen LogP contribution in [0, 0.1) is 12.8 Å². The van der Waals surface area contributed by atoms with Crippen molar-refractivity contribution in [3.63, 3.8) is 0 Å². The van der Waals surface area contributed by atoms with Gasteiger partial charge in [-0.1, -0.05) is 0 Å². The Morgan fingerprint density at radius 1 is 1.65 bits per heavy atom. The van der Waals surface area contributed by atoms with E-state index in [1.165, 1.54) is 0 Å². The van der Waals surface area contributed by atoms with Crippen LogP contribution in [0.25, 0.3) is 0 Å². The maximum absolute atomic E-state index is 12.3. The van der Waals surface area contributed by atoms with Gasteiger partial charge in [0.25, 0.3) is 5.91 Å². The van der Waals surface area contributed by atoms with E-state index < -0.39 is 0 Å². The maximum Gasteiger partial charge on any atom is 0.254 e. The van der Waals surface area contributed by atoms with E-state index in [1.807, 2.05) is 11.8 Å². The van der Waals surface area contributed by atoms with E-state index >= 15 is 0 Å². The quantitative estimate of drug-likeness (QED) is 0.853. The molecule has 2 rings (SSSR count). The fraction of sp³-hybridized carbons (Fsp3) is 0.538. The summed E-state index contributed by atoms with van der Waals surface area (Å²) in [5.74, 6) is 0.704. The summed E-state index contributed by atoms with van der Waals surface area (Å²) >= 11 is 0. The second kappa shape index (κ2) is 5.27. The van der Waals surface area contributed by atoms with Crippen molar-refractivity contribution in [3.05, 3.63) is 29.6 Å². The molecule has 0 aromatic carbocycles. The molecule has 2 heterocycles. The molecule has 1 aliphatic heterocycles. The normalized spacial score (nSPS) is 19.6. The molecule has 92 valence electrons. The highest BCUT2D eigenvalue weighted by Crippen LogP contribution is 2.21. The zero-order valence-corrected chi connectivity index (χ0v) is 10.2. The lowest BCUT2D eigenvalue weighted by molar-refractivity contribution is 0.0786. The number of hydrogen-bond donors (Lipinski definition) is 1. The Kier molecular flexibility index (Phi) is 3.74. The van der Waals surface area contributed by atoms with Crippen LogP contribution >= 0.6 is 0 Å². The van der Waals surface area contributed by atoms with Gasteiger partial charge in [-0.25, -0.2) is 0 Å². The van der Waals surface area contributed by atoms with Crippen LogP contribution in [-0.4, -0.2) is 35.4 Å². The standard InChI is InChI=1S/C13H19N3O/c1-10-8-15-6-3-12(10)13(17)16-7-4-11(9-16)2-5-14/h3,6,8,11H,2,4-5,7,9,14H2,1H3. The molecule has 0 radical (unpaired) electrons. The molecule has 0 spiro atoms. The third kappa shape index (κ3) is 2.64. The van der Waals surface area contributed by atoms with Crippen LogP contribution in [-0.2, 0) is 0 Å². The molecule has 1 atom stereocenters. The first-order chi connectivity index (χ1) is 8.22. The third-order valence-electron chi connectivity index (χ3n) is 3.40. The molecular formula is C13H19N3O. The van der Waals surface area contributed by atoms with Crippen molar-refractivity contribution in [1.82, 2.24) is 9.88 Å². The second-order valence-corrected chi connectivity index (χ2v) is 4.67. The predicted molar refractivity (Wildman–Crippen MR) is 66.7 cm³/mol. The Hall–Kier alpha value is -1.42. The van der Waals surface area contributed by atoms with Gasteiger partial charge < -0.3 is 10.6 Å². The molecule has 1 amide bonds. The van der Waals surface area contributed by atoms with Gasteiger partial charge in [-0.3, -0.25) is 9.78 Å². The summed E-state index contributed by atoms with van der Waals surface area (Å²) in [6, 6.07) is 1.80. The van der Waals surface area contributed by atoms with Crippen LogP contribution in [0.15, 0.2) is 18.5 Å². The van der Waals surface area contributed by atoms with Crippen LogP contribution in [0.2, 0.25) is 0 Å². The Morgan fingerprint density at radius 3 is 3.18 bits per heavy atom. The molecule has 1 aromatic rings. The van der Waals surface area contributed by atoms with Gasteiger partial charge >= 0.3 is 0 Å². The van der Waals surface area contributed by atoms with Crippen molar-refractivity contribution < 1.29 is 4.79 Å². The Balaban J connectivity index is 2.05. The molecular weight excluding hydrogens is 214 g/mol. The molecule has 1 saturated heterocycles.